The third-order valence-electron chi connectivity index (χ3n) is 4.23. The van der Waals surface area contributed by atoms with Gasteiger partial charge in [0.25, 0.3) is 0 Å². The van der Waals surface area contributed by atoms with E-state index in [9.17, 15) is 0 Å². The Morgan fingerprint density at radius 3 is 2.29 bits per heavy atom. The van der Waals surface area contributed by atoms with Crippen molar-refractivity contribution in [2.24, 2.45) is 5.41 Å². The lowest BCUT2D eigenvalue weighted by Crippen LogP contribution is -2.54. The van der Waals surface area contributed by atoms with Crippen molar-refractivity contribution in [2.75, 3.05) is 13.1 Å². The topological polar surface area (TPSA) is 15.3 Å². The van der Waals surface area contributed by atoms with Crippen LogP contribution < -0.4 is 5.32 Å². The molecule has 1 heterocycles. The van der Waals surface area contributed by atoms with Gasteiger partial charge in [0.2, 0.25) is 0 Å². The molecular formula is C15H28N2. The van der Waals surface area contributed by atoms with Gasteiger partial charge >= 0.3 is 0 Å². The van der Waals surface area contributed by atoms with Crippen molar-refractivity contribution in [1.29, 1.82) is 0 Å². The summed E-state index contributed by atoms with van der Waals surface area (Å²) in [6, 6.07) is 1.44. The lowest BCUT2D eigenvalue weighted by molar-refractivity contribution is 0.0159. The third-order valence-corrected chi connectivity index (χ3v) is 4.23. The van der Waals surface area contributed by atoms with Crippen LogP contribution in [0.2, 0.25) is 0 Å². The lowest BCUT2D eigenvalue weighted by Gasteiger charge is -2.53. The van der Waals surface area contributed by atoms with Gasteiger partial charge < -0.3 is 10.2 Å². The average Bonchev–Trinajstić information content (AvgIpc) is 2.17. The summed E-state index contributed by atoms with van der Waals surface area (Å²) in [5.41, 5.74) is 2.12. The minimum atomic E-state index is 0.642. The van der Waals surface area contributed by atoms with Gasteiger partial charge in [-0.3, -0.25) is 0 Å². The monoisotopic (exact) mass is 236 g/mol. The van der Waals surface area contributed by atoms with Crippen LogP contribution in [0.1, 0.15) is 53.4 Å². The van der Waals surface area contributed by atoms with Gasteiger partial charge in [-0.1, -0.05) is 19.4 Å². The highest BCUT2D eigenvalue weighted by Crippen LogP contribution is 2.49. The molecule has 0 aromatic rings. The summed E-state index contributed by atoms with van der Waals surface area (Å²) in [7, 11) is 0. The van der Waals surface area contributed by atoms with E-state index in [4.69, 9.17) is 0 Å². The molecule has 2 aliphatic rings. The van der Waals surface area contributed by atoms with Crippen molar-refractivity contribution >= 4 is 0 Å². The number of allylic oxidation sites excluding steroid dienone is 1. The van der Waals surface area contributed by atoms with E-state index in [0.29, 0.717) is 11.5 Å². The van der Waals surface area contributed by atoms with E-state index >= 15 is 0 Å². The van der Waals surface area contributed by atoms with Gasteiger partial charge in [0.1, 0.15) is 0 Å². The van der Waals surface area contributed by atoms with Crippen molar-refractivity contribution in [3.8, 4) is 0 Å². The zero-order chi connectivity index (χ0) is 12.5. The van der Waals surface area contributed by atoms with Crippen molar-refractivity contribution in [2.45, 2.75) is 65.5 Å². The SMILES string of the molecule is CC(C)=CN1CCC2(CC1)CC(NC(C)C)C2. The zero-order valence-corrected chi connectivity index (χ0v) is 11.9. The van der Waals surface area contributed by atoms with Crippen LogP contribution in [0.4, 0.5) is 0 Å². The second-order valence-electron chi connectivity index (χ2n) is 6.67. The molecule has 2 nitrogen and oxygen atoms in total. The van der Waals surface area contributed by atoms with Gasteiger partial charge in [-0.05, 0) is 51.1 Å². The highest BCUT2D eigenvalue weighted by Gasteiger charge is 2.45. The van der Waals surface area contributed by atoms with Crippen molar-refractivity contribution in [3.63, 3.8) is 0 Å². The van der Waals surface area contributed by atoms with Crippen LogP contribution >= 0.6 is 0 Å². The van der Waals surface area contributed by atoms with E-state index in [1.165, 1.54) is 44.3 Å². The molecule has 1 N–H and O–H groups in total. The minimum absolute atomic E-state index is 0.642. The number of rotatable bonds is 3. The normalized spacial score (nSPS) is 23.9. The fourth-order valence-electron chi connectivity index (χ4n) is 3.48. The Morgan fingerprint density at radius 2 is 1.82 bits per heavy atom. The number of hydrogen-bond acceptors (Lipinski definition) is 2. The summed E-state index contributed by atoms with van der Waals surface area (Å²) >= 11 is 0. The third kappa shape index (κ3) is 3.25. The number of nitrogens with zero attached hydrogens (tertiary/aromatic N) is 1. The molecule has 2 heteroatoms. The number of nitrogens with one attached hydrogen (secondary N) is 1. The summed E-state index contributed by atoms with van der Waals surface area (Å²) in [6.45, 7) is 11.4. The highest BCUT2D eigenvalue weighted by molar-refractivity contribution is 5.03. The molecular weight excluding hydrogens is 208 g/mol. The molecule has 0 aromatic carbocycles. The first-order chi connectivity index (χ1) is 7.99. The second kappa shape index (κ2) is 5.01. The predicted octanol–water partition coefficient (Wildman–Crippen LogP) is 3.15. The number of likely N-dealkylation sites (tertiary alicyclic amines) is 1. The van der Waals surface area contributed by atoms with E-state index in [2.05, 4.69) is 44.1 Å². The maximum absolute atomic E-state index is 3.67. The van der Waals surface area contributed by atoms with E-state index < -0.39 is 0 Å². The molecule has 0 bridgehead atoms. The standard InChI is InChI=1S/C15H28N2/c1-12(2)11-17-7-5-15(6-8-17)9-14(10-15)16-13(3)4/h11,13-14,16H,5-10H2,1-4H3. The van der Waals surface area contributed by atoms with Crippen LogP contribution in [0.5, 0.6) is 0 Å². The maximum atomic E-state index is 3.67. The smallest absolute Gasteiger partial charge is 0.0177 e. The number of hydrogen-bond donors (Lipinski definition) is 1. The van der Waals surface area contributed by atoms with Gasteiger partial charge in [0.15, 0.2) is 0 Å². The van der Waals surface area contributed by atoms with Crippen LogP contribution in [0.15, 0.2) is 11.8 Å². The van der Waals surface area contributed by atoms with Gasteiger partial charge in [0.05, 0.1) is 0 Å². The van der Waals surface area contributed by atoms with Crippen molar-refractivity contribution in [3.05, 3.63) is 11.8 Å². The van der Waals surface area contributed by atoms with Gasteiger partial charge in [-0.25, -0.2) is 0 Å². The Labute approximate surface area is 106 Å². The first-order valence-electron chi connectivity index (χ1n) is 7.14. The summed E-state index contributed by atoms with van der Waals surface area (Å²) < 4.78 is 0. The zero-order valence-electron chi connectivity index (χ0n) is 11.9. The molecule has 17 heavy (non-hydrogen) atoms. The summed E-state index contributed by atoms with van der Waals surface area (Å²) in [5, 5.41) is 3.67. The largest absolute Gasteiger partial charge is 0.377 e. The molecule has 0 atom stereocenters. The Bertz CT molecular complexity index is 273. The Morgan fingerprint density at radius 1 is 1.24 bits per heavy atom. The van der Waals surface area contributed by atoms with Gasteiger partial charge in [-0.2, -0.15) is 0 Å². The van der Waals surface area contributed by atoms with Crippen LogP contribution in [-0.4, -0.2) is 30.1 Å². The van der Waals surface area contributed by atoms with Crippen LogP contribution in [-0.2, 0) is 0 Å². The Kier molecular flexibility index (Phi) is 3.82. The van der Waals surface area contributed by atoms with Crippen LogP contribution in [0, 0.1) is 5.41 Å². The van der Waals surface area contributed by atoms with Gasteiger partial charge in [0, 0.05) is 25.2 Å². The first kappa shape index (κ1) is 12.9. The minimum Gasteiger partial charge on any atom is -0.377 e. The van der Waals surface area contributed by atoms with Crippen molar-refractivity contribution in [1.82, 2.24) is 10.2 Å². The quantitative estimate of drug-likeness (QED) is 0.810. The van der Waals surface area contributed by atoms with Crippen LogP contribution in [0.3, 0.4) is 0 Å². The van der Waals surface area contributed by atoms with Crippen molar-refractivity contribution < 1.29 is 0 Å². The maximum Gasteiger partial charge on any atom is 0.0177 e. The van der Waals surface area contributed by atoms with Gasteiger partial charge in [-0.15, -0.1) is 0 Å². The fourth-order valence-corrected chi connectivity index (χ4v) is 3.48. The molecule has 98 valence electrons. The summed E-state index contributed by atoms with van der Waals surface area (Å²) in [6.07, 6.45) is 7.94. The highest BCUT2D eigenvalue weighted by atomic mass is 15.1. The molecule has 0 radical (unpaired) electrons. The summed E-state index contributed by atoms with van der Waals surface area (Å²) in [4.78, 5) is 2.50. The van der Waals surface area contributed by atoms with E-state index in [1.54, 1.807) is 0 Å². The fraction of sp³-hybridized carbons (Fsp3) is 0.867. The number of piperidine rings is 1. The molecule has 1 aliphatic heterocycles. The van der Waals surface area contributed by atoms with E-state index in [1.807, 2.05) is 0 Å². The molecule has 2 fully saturated rings. The molecule has 0 unspecified atom stereocenters. The Balaban J connectivity index is 1.75. The molecule has 1 saturated heterocycles. The average molecular weight is 236 g/mol. The molecule has 1 saturated carbocycles. The first-order valence-corrected chi connectivity index (χ1v) is 7.14. The van der Waals surface area contributed by atoms with E-state index in [-0.39, 0.29) is 0 Å². The molecule has 0 amide bonds. The van der Waals surface area contributed by atoms with Crippen LogP contribution in [0.25, 0.3) is 0 Å². The summed E-state index contributed by atoms with van der Waals surface area (Å²) in [5.74, 6) is 0. The molecule has 0 aromatic heterocycles. The Hall–Kier alpha value is -0.500. The predicted molar refractivity (Wildman–Crippen MR) is 74.0 cm³/mol. The molecule has 1 spiro atoms. The second-order valence-corrected chi connectivity index (χ2v) is 6.67. The lowest BCUT2D eigenvalue weighted by atomic mass is 9.60. The molecule has 2 rings (SSSR count). The van der Waals surface area contributed by atoms with E-state index in [0.717, 1.165) is 6.04 Å². The molecule has 1 aliphatic carbocycles.